The molecule has 0 radical (unpaired) electrons. The van der Waals surface area contributed by atoms with E-state index in [-0.39, 0.29) is 35.5 Å². The van der Waals surface area contributed by atoms with Crippen LogP contribution in [0.5, 0.6) is 0 Å². The Morgan fingerprint density at radius 1 is 1.00 bits per heavy atom. The summed E-state index contributed by atoms with van der Waals surface area (Å²) in [4.78, 5) is 28.9. The summed E-state index contributed by atoms with van der Waals surface area (Å²) in [7, 11) is 3.99. The topological polar surface area (TPSA) is 84.5 Å². The van der Waals surface area contributed by atoms with Gasteiger partial charge in [0.05, 0.1) is 5.69 Å². The Labute approximate surface area is 223 Å². The summed E-state index contributed by atoms with van der Waals surface area (Å²) in [5.41, 5.74) is 7.87. The number of halogens is 3. The number of aromatic nitrogens is 2. The van der Waals surface area contributed by atoms with Gasteiger partial charge in [0, 0.05) is 29.9 Å². The third-order valence-corrected chi connectivity index (χ3v) is 6.65. The Bertz CT molecular complexity index is 1560. The van der Waals surface area contributed by atoms with Crippen LogP contribution in [0.3, 0.4) is 0 Å². The van der Waals surface area contributed by atoms with Gasteiger partial charge in [-0.1, -0.05) is 42.5 Å². The predicted octanol–water partition coefficient (Wildman–Crippen LogP) is 4.92. The van der Waals surface area contributed by atoms with Crippen LogP contribution in [0.4, 0.5) is 18.9 Å². The summed E-state index contributed by atoms with van der Waals surface area (Å²) in [6, 6.07) is 21.2. The fourth-order valence-corrected chi connectivity index (χ4v) is 4.91. The Hall–Kier alpha value is -4.44. The van der Waals surface area contributed by atoms with Crippen LogP contribution in [0, 0.1) is 0 Å². The van der Waals surface area contributed by atoms with E-state index in [4.69, 9.17) is 5.73 Å². The van der Waals surface area contributed by atoms with E-state index in [0.717, 1.165) is 27.9 Å². The monoisotopic (exact) mass is 533 g/mol. The number of nitrogens with two attached hydrogens (primary N) is 1. The molecule has 2 N–H and O–H groups in total. The van der Waals surface area contributed by atoms with Crippen LogP contribution in [0.1, 0.15) is 37.7 Å². The van der Waals surface area contributed by atoms with Gasteiger partial charge in [0.1, 0.15) is 5.69 Å². The van der Waals surface area contributed by atoms with E-state index in [1.807, 2.05) is 44.4 Å². The Kier molecular flexibility index (Phi) is 6.73. The third-order valence-electron chi connectivity index (χ3n) is 6.65. The molecule has 39 heavy (non-hydrogen) atoms. The molecule has 1 aromatic heterocycles. The molecule has 0 bridgehead atoms. The summed E-state index contributed by atoms with van der Waals surface area (Å²) < 4.78 is 42.7. The molecule has 200 valence electrons. The number of anilines is 1. The second kappa shape index (κ2) is 10.0. The van der Waals surface area contributed by atoms with E-state index in [0.29, 0.717) is 5.69 Å². The number of carbonyl (C=O) groups is 2. The molecule has 0 aliphatic carbocycles. The smallest absolute Gasteiger partial charge is 0.366 e. The molecule has 7 nitrogen and oxygen atoms in total. The molecule has 1 aliphatic rings. The minimum absolute atomic E-state index is 0.0289. The maximum absolute atomic E-state index is 13.9. The number of carbonyl (C=O) groups excluding carboxylic acids is 2. The number of alkyl halides is 3. The molecule has 0 fully saturated rings. The van der Waals surface area contributed by atoms with Gasteiger partial charge in [0.2, 0.25) is 5.91 Å². The van der Waals surface area contributed by atoms with Crippen molar-refractivity contribution in [3.63, 3.8) is 0 Å². The maximum atomic E-state index is 13.9. The van der Waals surface area contributed by atoms with E-state index in [1.54, 1.807) is 12.1 Å². The molecular weight excluding hydrogens is 507 g/mol. The molecule has 0 saturated heterocycles. The molecule has 1 aliphatic heterocycles. The lowest BCUT2D eigenvalue weighted by Gasteiger charge is -2.28. The molecule has 2 amide bonds. The van der Waals surface area contributed by atoms with Crippen LogP contribution in [0.15, 0.2) is 72.8 Å². The zero-order valence-corrected chi connectivity index (χ0v) is 21.4. The van der Waals surface area contributed by atoms with E-state index >= 15 is 0 Å². The third kappa shape index (κ3) is 5.03. The van der Waals surface area contributed by atoms with Crippen LogP contribution in [-0.4, -0.2) is 47.1 Å². The average Bonchev–Trinajstić information content (AvgIpc) is 3.31. The average molecular weight is 534 g/mol. The molecule has 3 aromatic carbocycles. The van der Waals surface area contributed by atoms with Gasteiger partial charge in [0.25, 0.3) is 5.91 Å². The van der Waals surface area contributed by atoms with E-state index in [2.05, 4.69) is 16.1 Å². The van der Waals surface area contributed by atoms with Crippen molar-refractivity contribution < 1.29 is 22.8 Å². The first-order valence-electron chi connectivity index (χ1n) is 12.3. The van der Waals surface area contributed by atoms with Gasteiger partial charge >= 0.3 is 6.18 Å². The van der Waals surface area contributed by atoms with Crippen LogP contribution in [0.25, 0.3) is 16.8 Å². The normalized spacial score (nSPS) is 13.6. The molecular formula is C29H26F3N5O2. The molecule has 0 unspecified atom stereocenters. The van der Waals surface area contributed by atoms with E-state index in [9.17, 15) is 22.8 Å². The number of primary amides is 1. The van der Waals surface area contributed by atoms with Gasteiger partial charge in [-0.25, -0.2) is 4.68 Å². The SMILES string of the molecule is CN(C)Cc1ccccc1-c1ccc(N2CCc3c(C(F)(F)F)nn(-c4cccc(C(N)=O)c4)c3C2=O)cc1. The quantitative estimate of drug-likeness (QED) is 0.381. The highest BCUT2D eigenvalue weighted by atomic mass is 19.4. The van der Waals surface area contributed by atoms with Crippen molar-refractivity contribution in [2.24, 2.45) is 5.73 Å². The molecule has 2 heterocycles. The van der Waals surface area contributed by atoms with E-state index in [1.165, 1.54) is 29.2 Å². The minimum Gasteiger partial charge on any atom is -0.366 e. The molecule has 10 heteroatoms. The lowest BCUT2D eigenvalue weighted by molar-refractivity contribution is -0.141. The van der Waals surface area contributed by atoms with Crippen molar-refractivity contribution in [3.05, 3.63) is 101 Å². The summed E-state index contributed by atoms with van der Waals surface area (Å²) in [6.45, 7) is 0.826. The number of hydrogen-bond donors (Lipinski definition) is 1. The highest BCUT2D eigenvalue weighted by Crippen LogP contribution is 2.37. The largest absolute Gasteiger partial charge is 0.435 e. The van der Waals surface area contributed by atoms with E-state index < -0.39 is 23.7 Å². The summed E-state index contributed by atoms with van der Waals surface area (Å²) in [5.74, 6) is -1.35. The lowest BCUT2D eigenvalue weighted by Crippen LogP contribution is -2.39. The van der Waals surface area contributed by atoms with Crippen molar-refractivity contribution in [2.75, 3.05) is 25.5 Å². The van der Waals surface area contributed by atoms with Gasteiger partial charge in [-0.3, -0.25) is 9.59 Å². The fraction of sp³-hybridized carbons (Fsp3) is 0.207. The summed E-state index contributed by atoms with van der Waals surface area (Å²) in [6.07, 6.45) is -4.78. The van der Waals surface area contributed by atoms with Crippen molar-refractivity contribution in [1.29, 1.82) is 0 Å². The van der Waals surface area contributed by atoms with Crippen molar-refractivity contribution >= 4 is 17.5 Å². The number of benzene rings is 3. The van der Waals surface area contributed by atoms with Crippen molar-refractivity contribution in [2.45, 2.75) is 19.1 Å². The van der Waals surface area contributed by atoms with Crippen LogP contribution < -0.4 is 10.6 Å². The van der Waals surface area contributed by atoms with Crippen LogP contribution in [-0.2, 0) is 19.1 Å². The van der Waals surface area contributed by atoms with Crippen LogP contribution in [0.2, 0.25) is 0 Å². The summed E-state index contributed by atoms with van der Waals surface area (Å²) in [5, 5.41) is 3.79. The summed E-state index contributed by atoms with van der Waals surface area (Å²) >= 11 is 0. The maximum Gasteiger partial charge on any atom is 0.435 e. The van der Waals surface area contributed by atoms with Gasteiger partial charge in [-0.15, -0.1) is 0 Å². The number of hydrogen-bond acceptors (Lipinski definition) is 4. The zero-order chi connectivity index (χ0) is 27.9. The van der Waals surface area contributed by atoms with Crippen LogP contribution >= 0.6 is 0 Å². The first kappa shape index (κ1) is 26.2. The first-order chi connectivity index (χ1) is 18.5. The van der Waals surface area contributed by atoms with Gasteiger partial charge in [-0.05, 0) is 67.5 Å². The molecule has 0 saturated carbocycles. The second-order valence-electron chi connectivity index (χ2n) is 9.65. The molecule has 0 spiro atoms. The van der Waals surface area contributed by atoms with Gasteiger partial charge < -0.3 is 15.5 Å². The molecule has 4 aromatic rings. The van der Waals surface area contributed by atoms with Gasteiger partial charge in [0.15, 0.2) is 5.69 Å². The standard InChI is InChI=1S/C29H26F3N5O2/c1-35(2)17-20-6-3-4-9-23(20)18-10-12-21(13-11-18)36-15-14-24-25(28(36)39)37(34-26(24)29(30,31)32)22-8-5-7-19(16-22)27(33)38/h3-13,16H,14-15,17H2,1-2H3,(H2,33,38). The zero-order valence-electron chi connectivity index (χ0n) is 21.4. The molecule has 0 atom stereocenters. The highest BCUT2D eigenvalue weighted by Gasteiger charge is 2.43. The Balaban J connectivity index is 1.53. The minimum atomic E-state index is -4.75. The van der Waals surface area contributed by atoms with Crippen molar-refractivity contribution in [3.8, 4) is 16.8 Å². The molecule has 5 rings (SSSR count). The second-order valence-corrected chi connectivity index (χ2v) is 9.65. The Morgan fingerprint density at radius 3 is 2.38 bits per heavy atom. The number of rotatable bonds is 6. The number of fused-ring (bicyclic) bond motifs is 1. The highest BCUT2D eigenvalue weighted by molar-refractivity contribution is 6.07. The fourth-order valence-electron chi connectivity index (χ4n) is 4.91. The lowest BCUT2D eigenvalue weighted by atomic mass is 9.98. The number of amides is 2. The van der Waals surface area contributed by atoms with Gasteiger partial charge in [-0.2, -0.15) is 18.3 Å². The first-order valence-corrected chi connectivity index (χ1v) is 12.3. The number of nitrogens with zero attached hydrogens (tertiary/aromatic N) is 4. The van der Waals surface area contributed by atoms with Crippen molar-refractivity contribution in [1.82, 2.24) is 14.7 Å². The predicted molar refractivity (Wildman–Crippen MR) is 142 cm³/mol. The Morgan fingerprint density at radius 2 is 1.72 bits per heavy atom.